The third kappa shape index (κ3) is 6.42. The number of halogens is 3. The Morgan fingerprint density at radius 3 is 2.38 bits per heavy atom. The quantitative estimate of drug-likeness (QED) is 0.563. The highest BCUT2D eigenvalue weighted by Crippen LogP contribution is 2.27. The van der Waals surface area contributed by atoms with Gasteiger partial charge < -0.3 is 4.74 Å². The lowest BCUT2D eigenvalue weighted by atomic mass is 10.1. The molecule has 0 saturated carbocycles. The van der Waals surface area contributed by atoms with Crippen molar-refractivity contribution in [2.45, 2.75) is 30.5 Å². The zero-order valence-corrected chi connectivity index (χ0v) is 9.92. The molecule has 0 aliphatic heterocycles. The van der Waals surface area contributed by atoms with Crippen molar-refractivity contribution in [2.24, 2.45) is 5.92 Å². The van der Waals surface area contributed by atoms with Crippen LogP contribution in [0.5, 0.6) is 0 Å². The Labute approximate surface area is 93.5 Å². The molecule has 0 aromatic carbocycles. The second-order valence-corrected chi connectivity index (χ2v) is 5.27. The van der Waals surface area contributed by atoms with Crippen molar-refractivity contribution in [3.05, 3.63) is 0 Å². The molecule has 0 fully saturated rings. The Hall–Kier alpha value is 0.340. The van der Waals surface area contributed by atoms with Crippen molar-refractivity contribution < 1.29 is 9.53 Å². The van der Waals surface area contributed by atoms with Crippen LogP contribution in [-0.2, 0) is 9.53 Å². The minimum absolute atomic E-state index is 0.306. The molecule has 0 amide bonds. The van der Waals surface area contributed by atoms with Gasteiger partial charge in [0, 0.05) is 0 Å². The summed E-state index contributed by atoms with van der Waals surface area (Å²) in [6.07, 6.45) is 2.04. The van der Waals surface area contributed by atoms with Gasteiger partial charge in [0.25, 0.3) is 3.79 Å². The molecule has 0 aromatic rings. The molecule has 0 bridgehead atoms. The van der Waals surface area contributed by atoms with Crippen LogP contribution in [0, 0.1) is 5.92 Å². The lowest BCUT2D eigenvalue weighted by molar-refractivity contribution is -0.143. The van der Waals surface area contributed by atoms with Gasteiger partial charge in [-0.3, -0.25) is 0 Å². The molecular formula is C8H13Cl3O2. The Morgan fingerprint density at radius 2 is 2.00 bits per heavy atom. The summed E-state index contributed by atoms with van der Waals surface area (Å²) in [5, 5.41) is 0. The summed E-state index contributed by atoms with van der Waals surface area (Å²) >= 11 is 15.9. The molecule has 78 valence electrons. The number of hydrogen-bond donors (Lipinski definition) is 0. The molecule has 1 unspecified atom stereocenters. The molecule has 0 saturated heterocycles. The first kappa shape index (κ1) is 13.3. The average molecular weight is 248 g/mol. The molecule has 2 nitrogen and oxygen atoms in total. The fourth-order valence-corrected chi connectivity index (χ4v) is 1.04. The first-order chi connectivity index (χ1) is 5.88. The molecule has 0 heterocycles. The van der Waals surface area contributed by atoms with Gasteiger partial charge in [-0.15, -0.1) is 0 Å². The molecule has 0 N–H and O–H groups in total. The largest absolute Gasteiger partial charge is 0.462 e. The van der Waals surface area contributed by atoms with Crippen molar-refractivity contribution in [1.82, 2.24) is 0 Å². The molecule has 13 heavy (non-hydrogen) atoms. The number of carbonyl (C=O) groups is 1. The third-order valence-corrected chi connectivity index (χ3v) is 1.97. The maximum atomic E-state index is 11.0. The molecule has 0 radical (unpaired) electrons. The van der Waals surface area contributed by atoms with E-state index >= 15 is 0 Å². The van der Waals surface area contributed by atoms with Crippen molar-refractivity contribution in [2.75, 3.05) is 6.61 Å². The van der Waals surface area contributed by atoms with Gasteiger partial charge >= 0.3 is 5.97 Å². The van der Waals surface area contributed by atoms with E-state index in [9.17, 15) is 4.79 Å². The Bertz CT molecular complexity index is 165. The van der Waals surface area contributed by atoms with E-state index in [-0.39, 0.29) is 0 Å². The van der Waals surface area contributed by atoms with Crippen molar-refractivity contribution >= 4 is 40.8 Å². The molecule has 0 aliphatic rings. The van der Waals surface area contributed by atoms with Crippen LogP contribution >= 0.6 is 34.8 Å². The van der Waals surface area contributed by atoms with E-state index in [1.165, 1.54) is 0 Å². The number of hydrogen-bond acceptors (Lipinski definition) is 2. The normalized spacial score (nSPS) is 13.9. The fraction of sp³-hybridized carbons (Fsp3) is 0.875. The summed E-state index contributed by atoms with van der Waals surface area (Å²) < 4.78 is 2.83. The van der Waals surface area contributed by atoms with Crippen LogP contribution in [0.3, 0.4) is 0 Å². The molecular weight excluding hydrogens is 234 g/mol. The fourth-order valence-electron chi connectivity index (χ4n) is 0.876. The zero-order chi connectivity index (χ0) is 10.5. The summed E-state index contributed by atoms with van der Waals surface area (Å²) in [7, 11) is 0. The predicted molar refractivity (Wildman–Crippen MR) is 55.3 cm³/mol. The average Bonchev–Trinajstić information content (AvgIpc) is 1.99. The lowest BCUT2D eigenvalue weighted by Gasteiger charge is -2.13. The number of alkyl halides is 3. The van der Waals surface area contributed by atoms with E-state index in [0.29, 0.717) is 12.5 Å². The number of rotatable bonds is 4. The van der Waals surface area contributed by atoms with E-state index in [1.54, 1.807) is 0 Å². The van der Waals surface area contributed by atoms with Crippen LogP contribution in [0.4, 0.5) is 0 Å². The van der Waals surface area contributed by atoms with Gasteiger partial charge in [0.1, 0.15) is 0 Å². The third-order valence-electron chi connectivity index (χ3n) is 1.51. The smallest absolute Gasteiger partial charge is 0.358 e. The van der Waals surface area contributed by atoms with E-state index in [1.807, 2.05) is 6.92 Å². The van der Waals surface area contributed by atoms with Gasteiger partial charge in [0.15, 0.2) is 0 Å². The number of esters is 1. The lowest BCUT2D eigenvalue weighted by Crippen LogP contribution is -2.24. The van der Waals surface area contributed by atoms with E-state index in [0.717, 1.165) is 12.8 Å². The summed E-state index contributed by atoms with van der Waals surface area (Å²) in [6.45, 7) is 4.35. The number of carbonyl (C=O) groups excluding carboxylic acids is 1. The van der Waals surface area contributed by atoms with Crippen molar-refractivity contribution in [3.8, 4) is 0 Å². The molecule has 5 heteroatoms. The van der Waals surface area contributed by atoms with Crippen LogP contribution in [0.25, 0.3) is 0 Å². The van der Waals surface area contributed by atoms with E-state index in [4.69, 9.17) is 39.5 Å². The Morgan fingerprint density at radius 1 is 1.46 bits per heavy atom. The monoisotopic (exact) mass is 246 g/mol. The minimum Gasteiger partial charge on any atom is -0.462 e. The minimum atomic E-state index is -1.95. The van der Waals surface area contributed by atoms with Gasteiger partial charge in [-0.05, 0) is 12.3 Å². The Kier molecular flexibility index (Phi) is 6.10. The predicted octanol–water partition coefficient (Wildman–Crippen LogP) is 3.34. The Balaban J connectivity index is 3.71. The van der Waals surface area contributed by atoms with Gasteiger partial charge in [0.05, 0.1) is 6.61 Å². The van der Waals surface area contributed by atoms with E-state index in [2.05, 4.69) is 6.92 Å². The maximum Gasteiger partial charge on any atom is 0.358 e. The van der Waals surface area contributed by atoms with Crippen LogP contribution in [-0.4, -0.2) is 16.4 Å². The standard InChI is InChI=1S/C8H13Cl3O2/c1-3-4-6(2)5-13-7(12)8(9,10)11/h6H,3-5H2,1-2H3. The summed E-state index contributed by atoms with van der Waals surface area (Å²) in [6, 6.07) is 0. The summed E-state index contributed by atoms with van der Waals surface area (Å²) in [5.74, 6) is -0.498. The second kappa shape index (κ2) is 5.94. The highest BCUT2D eigenvalue weighted by atomic mass is 35.6. The van der Waals surface area contributed by atoms with Crippen LogP contribution in [0.15, 0.2) is 0 Å². The highest BCUT2D eigenvalue weighted by molar-refractivity contribution is 6.75. The molecule has 0 aromatic heterocycles. The molecule has 1 atom stereocenters. The van der Waals surface area contributed by atoms with Gasteiger partial charge in [-0.25, -0.2) is 4.79 Å². The van der Waals surface area contributed by atoms with Crippen LogP contribution in [0.1, 0.15) is 26.7 Å². The molecule has 0 spiro atoms. The van der Waals surface area contributed by atoms with E-state index < -0.39 is 9.76 Å². The maximum absolute atomic E-state index is 11.0. The van der Waals surface area contributed by atoms with Gasteiger partial charge in [0.2, 0.25) is 0 Å². The van der Waals surface area contributed by atoms with Gasteiger partial charge in [-0.1, -0.05) is 55.1 Å². The number of ether oxygens (including phenoxy) is 1. The van der Waals surface area contributed by atoms with Crippen molar-refractivity contribution in [1.29, 1.82) is 0 Å². The first-order valence-electron chi connectivity index (χ1n) is 4.11. The van der Waals surface area contributed by atoms with Crippen LogP contribution in [0.2, 0.25) is 0 Å². The van der Waals surface area contributed by atoms with Crippen LogP contribution < -0.4 is 0 Å². The summed E-state index contributed by atoms with van der Waals surface area (Å²) in [4.78, 5) is 11.0. The summed E-state index contributed by atoms with van der Waals surface area (Å²) in [5.41, 5.74) is 0. The second-order valence-electron chi connectivity index (χ2n) is 2.99. The highest BCUT2D eigenvalue weighted by Gasteiger charge is 2.32. The zero-order valence-electron chi connectivity index (χ0n) is 7.65. The van der Waals surface area contributed by atoms with Crippen molar-refractivity contribution in [3.63, 3.8) is 0 Å². The topological polar surface area (TPSA) is 26.3 Å². The first-order valence-corrected chi connectivity index (χ1v) is 5.25. The van der Waals surface area contributed by atoms with Gasteiger partial charge in [-0.2, -0.15) is 0 Å². The molecule has 0 rings (SSSR count). The molecule has 0 aliphatic carbocycles. The SMILES string of the molecule is CCCC(C)COC(=O)C(Cl)(Cl)Cl.